The van der Waals surface area contributed by atoms with Crippen LogP contribution in [0.25, 0.3) is 0 Å². The lowest BCUT2D eigenvalue weighted by Gasteiger charge is -2.23. The molecule has 0 aliphatic carbocycles. The van der Waals surface area contributed by atoms with Crippen LogP contribution in [0.4, 0.5) is 0 Å². The van der Waals surface area contributed by atoms with E-state index in [-0.39, 0.29) is 11.9 Å². The Hall–Kier alpha value is -0.290. The zero-order valence-corrected chi connectivity index (χ0v) is 10.4. The Morgan fingerprint density at radius 2 is 1.93 bits per heavy atom. The summed E-state index contributed by atoms with van der Waals surface area (Å²) < 4.78 is 21.1. The van der Waals surface area contributed by atoms with Gasteiger partial charge in [-0.25, -0.2) is 8.42 Å². The van der Waals surface area contributed by atoms with Crippen LogP contribution >= 0.6 is 11.6 Å². The highest BCUT2D eigenvalue weighted by Crippen LogP contribution is 2.15. The Morgan fingerprint density at radius 3 is 2.21 bits per heavy atom. The van der Waals surface area contributed by atoms with Gasteiger partial charge in [-0.1, -0.05) is 0 Å². The maximum atomic E-state index is 11.5. The van der Waals surface area contributed by atoms with Crippen LogP contribution in [0, 0.1) is 0 Å². The quantitative estimate of drug-likeness (QED) is 0.732. The fraction of sp³-hybridized carbons (Fsp3) is 0.875. The molecule has 0 aromatic heterocycles. The van der Waals surface area contributed by atoms with E-state index in [2.05, 4.69) is 5.32 Å². The second kappa shape index (κ2) is 4.49. The predicted octanol–water partition coefficient (Wildman–Crippen LogP) is 0.553. The second-order valence-corrected chi connectivity index (χ2v) is 6.68. The van der Waals surface area contributed by atoms with Crippen molar-refractivity contribution in [1.29, 1.82) is 0 Å². The van der Waals surface area contributed by atoms with Gasteiger partial charge in [0.2, 0.25) is 5.91 Å². The van der Waals surface area contributed by atoms with Gasteiger partial charge in [0.25, 0.3) is 0 Å². The number of carbonyl (C=O) groups is 1. The van der Waals surface area contributed by atoms with E-state index in [1.807, 2.05) is 0 Å². The first-order valence-corrected chi connectivity index (χ1v) is 6.62. The van der Waals surface area contributed by atoms with Crippen molar-refractivity contribution < 1.29 is 13.2 Å². The number of hydrogen-bond acceptors (Lipinski definition) is 3. The van der Waals surface area contributed by atoms with Crippen molar-refractivity contribution >= 4 is 27.3 Å². The molecule has 0 aliphatic heterocycles. The third-order valence-electron chi connectivity index (χ3n) is 2.08. The van der Waals surface area contributed by atoms with E-state index in [9.17, 15) is 13.2 Å². The van der Waals surface area contributed by atoms with E-state index in [0.29, 0.717) is 0 Å². The molecule has 0 rings (SSSR count). The lowest BCUT2D eigenvalue weighted by atomic mass is 10.2. The van der Waals surface area contributed by atoms with Gasteiger partial charge in [-0.15, -0.1) is 11.6 Å². The second-order valence-electron chi connectivity index (χ2n) is 3.81. The normalized spacial score (nSPS) is 14.9. The van der Waals surface area contributed by atoms with Gasteiger partial charge in [-0.2, -0.15) is 0 Å². The smallest absolute Gasteiger partial charge is 0.241 e. The number of amides is 1. The summed E-state index contributed by atoms with van der Waals surface area (Å²) in [6.45, 7) is 4.46. The highest BCUT2D eigenvalue weighted by molar-refractivity contribution is 7.92. The van der Waals surface area contributed by atoms with Crippen molar-refractivity contribution in [1.82, 2.24) is 5.32 Å². The minimum Gasteiger partial charge on any atom is -0.351 e. The van der Waals surface area contributed by atoms with Crippen LogP contribution < -0.4 is 5.32 Å². The topological polar surface area (TPSA) is 63.2 Å². The Bertz CT molecular complexity index is 311. The van der Waals surface area contributed by atoms with E-state index < -0.39 is 20.5 Å². The van der Waals surface area contributed by atoms with Gasteiger partial charge in [0.1, 0.15) is 4.75 Å². The fourth-order valence-electron chi connectivity index (χ4n) is 0.605. The molecule has 14 heavy (non-hydrogen) atoms. The first-order chi connectivity index (χ1) is 6.13. The number of rotatable bonds is 4. The molecule has 0 spiro atoms. The average molecular weight is 242 g/mol. The van der Waals surface area contributed by atoms with E-state index >= 15 is 0 Å². The Kier molecular flexibility index (Phi) is 4.39. The highest BCUT2D eigenvalue weighted by atomic mass is 35.5. The average Bonchev–Trinajstić information content (AvgIpc) is 2.01. The van der Waals surface area contributed by atoms with Gasteiger partial charge in [-0.05, 0) is 20.8 Å². The molecule has 1 N–H and O–H groups in total. The fourth-order valence-corrected chi connectivity index (χ4v) is 1.08. The summed E-state index contributed by atoms with van der Waals surface area (Å²) in [7, 11) is -3.41. The summed E-state index contributed by atoms with van der Waals surface area (Å²) in [4.78, 5) is 11.5. The van der Waals surface area contributed by atoms with Gasteiger partial charge in [0, 0.05) is 18.2 Å². The molecule has 1 amide bonds. The van der Waals surface area contributed by atoms with Gasteiger partial charge in [0.15, 0.2) is 9.84 Å². The van der Waals surface area contributed by atoms with Crippen molar-refractivity contribution in [3.63, 3.8) is 0 Å². The molecule has 0 aliphatic rings. The minimum absolute atomic E-state index is 0.231. The Balaban J connectivity index is 4.70. The van der Waals surface area contributed by atoms with Crippen LogP contribution in [0.3, 0.4) is 0 Å². The summed E-state index contributed by atoms with van der Waals surface area (Å²) in [6.07, 6.45) is 1.04. The third-order valence-corrected chi connectivity index (χ3v) is 4.59. The summed E-state index contributed by atoms with van der Waals surface area (Å²) >= 11 is 5.50. The van der Waals surface area contributed by atoms with E-state index in [0.717, 1.165) is 6.26 Å². The van der Waals surface area contributed by atoms with Gasteiger partial charge in [0.05, 0.1) is 0 Å². The van der Waals surface area contributed by atoms with E-state index in [1.54, 1.807) is 6.92 Å². The van der Waals surface area contributed by atoms with Crippen molar-refractivity contribution in [2.45, 2.75) is 31.6 Å². The molecule has 1 atom stereocenters. The first kappa shape index (κ1) is 13.7. The van der Waals surface area contributed by atoms with Gasteiger partial charge < -0.3 is 5.32 Å². The Morgan fingerprint density at radius 1 is 1.50 bits per heavy atom. The number of nitrogens with one attached hydrogen (secondary N) is 1. The van der Waals surface area contributed by atoms with Crippen LogP contribution in [0.2, 0.25) is 0 Å². The molecule has 0 radical (unpaired) electrons. The van der Waals surface area contributed by atoms with Crippen molar-refractivity contribution in [3.8, 4) is 0 Å². The molecule has 6 heteroatoms. The minimum atomic E-state index is -3.41. The molecule has 84 valence electrons. The zero-order chi connectivity index (χ0) is 11.6. The standard InChI is InChI=1S/C8H16ClNO3S/c1-6(5-9)10-7(11)8(2,3)14(4,12)13/h6H,5H2,1-4H3,(H,10,11). The molecule has 0 saturated heterocycles. The molecule has 0 fully saturated rings. The molecule has 0 heterocycles. The van der Waals surface area contributed by atoms with E-state index in [4.69, 9.17) is 11.6 Å². The van der Waals surface area contributed by atoms with Crippen molar-refractivity contribution in [3.05, 3.63) is 0 Å². The summed E-state index contributed by atoms with van der Waals surface area (Å²) in [5.41, 5.74) is 0. The summed E-state index contributed by atoms with van der Waals surface area (Å²) in [5.74, 6) is -0.265. The van der Waals surface area contributed by atoms with Gasteiger partial charge >= 0.3 is 0 Å². The maximum Gasteiger partial charge on any atom is 0.241 e. The third kappa shape index (κ3) is 3.13. The van der Waals surface area contributed by atoms with Crippen LogP contribution in [0.5, 0.6) is 0 Å². The lowest BCUT2D eigenvalue weighted by molar-refractivity contribution is -0.123. The number of sulfone groups is 1. The number of carbonyl (C=O) groups excluding carboxylic acids is 1. The van der Waals surface area contributed by atoms with E-state index in [1.165, 1.54) is 13.8 Å². The van der Waals surface area contributed by atoms with Gasteiger partial charge in [-0.3, -0.25) is 4.79 Å². The predicted molar refractivity (Wildman–Crippen MR) is 57.2 cm³/mol. The van der Waals surface area contributed by atoms with Crippen molar-refractivity contribution in [2.24, 2.45) is 0 Å². The SMILES string of the molecule is CC(CCl)NC(=O)C(C)(C)S(C)(=O)=O. The number of alkyl halides is 1. The number of halogens is 1. The first-order valence-electron chi connectivity index (χ1n) is 4.19. The lowest BCUT2D eigenvalue weighted by Crippen LogP contribution is -2.50. The molecule has 0 saturated carbocycles. The van der Waals surface area contributed by atoms with Crippen LogP contribution in [-0.4, -0.2) is 37.2 Å². The Labute approximate surface area is 89.9 Å². The van der Waals surface area contributed by atoms with Crippen molar-refractivity contribution in [2.75, 3.05) is 12.1 Å². The molecular formula is C8H16ClNO3S. The van der Waals surface area contributed by atoms with Crippen LogP contribution in [0.15, 0.2) is 0 Å². The monoisotopic (exact) mass is 241 g/mol. The summed E-state index contributed by atoms with van der Waals surface area (Å²) in [6, 6.07) is -0.231. The zero-order valence-electron chi connectivity index (χ0n) is 8.80. The summed E-state index contributed by atoms with van der Waals surface area (Å²) in [5, 5.41) is 2.53. The van der Waals surface area contributed by atoms with Crippen LogP contribution in [0.1, 0.15) is 20.8 Å². The molecule has 4 nitrogen and oxygen atoms in total. The van der Waals surface area contributed by atoms with Crippen LogP contribution in [-0.2, 0) is 14.6 Å². The molecular weight excluding hydrogens is 226 g/mol. The molecule has 0 bridgehead atoms. The largest absolute Gasteiger partial charge is 0.351 e. The maximum absolute atomic E-state index is 11.5. The molecule has 0 aromatic carbocycles. The highest BCUT2D eigenvalue weighted by Gasteiger charge is 2.38. The number of hydrogen-bond donors (Lipinski definition) is 1. The molecule has 0 aromatic rings. The molecule has 1 unspecified atom stereocenters.